The summed E-state index contributed by atoms with van der Waals surface area (Å²) >= 11 is 0. The smallest absolute Gasteiger partial charge is 0.0214 e. The van der Waals surface area contributed by atoms with E-state index in [2.05, 4.69) is 23.1 Å². The van der Waals surface area contributed by atoms with Gasteiger partial charge in [-0.05, 0) is 44.8 Å². The molecule has 1 aliphatic heterocycles. The van der Waals surface area contributed by atoms with Gasteiger partial charge in [0.1, 0.15) is 0 Å². The van der Waals surface area contributed by atoms with E-state index in [0.717, 1.165) is 18.9 Å². The summed E-state index contributed by atoms with van der Waals surface area (Å²) < 4.78 is 0. The Balaban J connectivity index is 2.25. The van der Waals surface area contributed by atoms with E-state index in [-0.39, 0.29) is 0 Å². The zero-order chi connectivity index (χ0) is 10.9. The number of hydrogen-bond acceptors (Lipinski definition) is 2. The highest BCUT2D eigenvalue weighted by molar-refractivity contribution is 4.85. The minimum Gasteiger partial charge on any atom is -0.316 e. The van der Waals surface area contributed by atoms with Crippen LogP contribution in [0.4, 0.5) is 0 Å². The van der Waals surface area contributed by atoms with Gasteiger partial charge in [0.05, 0.1) is 0 Å². The first kappa shape index (κ1) is 12.5. The van der Waals surface area contributed by atoms with Crippen molar-refractivity contribution in [1.82, 2.24) is 10.2 Å². The van der Waals surface area contributed by atoms with Crippen LogP contribution in [0.25, 0.3) is 0 Å². The fourth-order valence-corrected chi connectivity index (χ4v) is 2.28. The minimum atomic E-state index is 0.836. The number of rotatable bonds is 6. The predicted octanol–water partition coefficient (Wildman–Crippen LogP) is 1.72. The van der Waals surface area contributed by atoms with Gasteiger partial charge in [-0.3, -0.25) is 0 Å². The molecular formula is C13H24N2. The van der Waals surface area contributed by atoms with E-state index in [1.165, 1.54) is 45.4 Å². The molecule has 0 amide bonds. The molecule has 0 saturated carbocycles. The summed E-state index contributed by atoms with van der Waals surface area (Å²) in [5.74, 6) is 3.57. The molecule has 0 aromatic heterocycles. The van der Waals surface area contributed by atoms with Crippen LogP contribution in [0.3, 0.4) is 0 Å². The molecule has 1 rings (SSSR count). The van der Waals surface area contributed by atoms with Gasteiger partial charge in [-0.2, -0.15) is 0 Å². The fraction of sp³-hybridized carbons (Fsp3) is 0.846. The average Bonchev–Trinajstić information content (AvgIpc) is 2.28. The number of piperidine rings is 1. The van der Waals surface area contributed by atoms with Crippen LogP contribution < -0.4 is 5.32 Å². The molecule has 2 nitrogen and oxygen atoms in total. The molecule has 0 aliphatic carbocycles. The normalized spacial score (nSPS) is 21.5. The lowest BCUT2D eigenvalue weighted by atomic mass is 9.99. The van der Waals surface area contributed by atoms with Crippen LogP contribution in [0.15, 0.2) is 0 Å². The minimum absolute atomic E-state index is 0.836. The Morgan fingerprint density at radius 3 is 2.93 bits per heavy atom. The summed E-state index contributed by atoms with van der Waals surface area (Å²) in [6.07, 6.45) is 10.1. The van der Waals surface area contributed by atoms with Gasteiger partial charge in [-0.1, -0.05) is 6.92 Å². The molecule has 0 spiro atoms. The van der Waals surface area contributed by atoms with Gasteiger partial charge >= 0.3 is 0 Å². The third-order valence-electron chi connectivity index (χ3n) is 3.03. The maximum Gasteiger partial charge on any atom is 0.0214 e. The van der Waals surface area contributed by atoms with E-state index in [0.29, 0.717) is 0 Å². The van der Waals surface area contributed by atoms with E-state index in [1.54, 1.807) is 0 Å². The van der Waals surface area contributed by atoms with Crippen molar-refractivity contribution in [1.29, 1.82) is 0 Å². The van der Waals surface area contributed by atoms with Crippen LogP contribution in [0.2, 0.25) is 0 Å². The zero-order valence-electron chi connectivity index (χ0n) is 9.97. The molecule has 0 bridgehead atoms. The first-order chi connectivity index (χ1) is 7.36. The third-order valence-corrected chi connectivity index (χ3v) is 3.03. The highest BCUT2D eigenvalue weighted by Gasteiger charge is 2.15. The first-order valence-corrected chi connectivity index (χ1v) is 6.23. The second kappa shape index (κ2) is 7.73. The molecule has 0 aromatic carbocycles. The summed E-state index contributed by atoms with van der Waals surface area (Å²) in [5, 5.41) is 3.47. The van der Waals surface area contributed by atoms with Gasteiger partial charge in [0.15, 0.2) is 0 Å². The third kappa shape index (κ3) is 5.20. The Hall–Kier alpha value is -0.520. The summed E-state index contributed by atoms with van der Waals surface area (Å²) in [4.78, 5) is 2.53. The monoisotopic (exact) mass is 208 g/mol. The molecule has 1 atom stereocenters. The van der Waals surface area contributed by atoms with Gasteiger partial charge in [-0.25, -0.2) is 0 Å². The molecule has 86 valence electrons. The van der Waals surface area contributed by atoms with Crippen molar-refractivity contribution in [3.63, 3.8) is 0 Å². The largest absolute Gasteiger partial charge is 0.316 e. The summed E-state index contributed by atoms with van der Waals surface area (Å²) in [5.41, 5.74) is 0. The molecule has 1 N–H and O–H groups in total. The molecule has 0 aromatic rings. The van der Waals surface area contributed by atoms with Crippen LogP contribution in [-0.4, -0.2) is 37.6 Å². The Labute approximate surface area is 94.4 Å². The SMILES string of the molecule is C#CCCN(CCC)CC1CCCNC1. The molecule has 1 saturated heterocycles. The fourth-order valence-electron chi connectivity index (χ4n) is 2.28. The number of hydrogen-bond donors (Lipinski definition) is 1. The zero-order valence-corrected chi connectivity index (χ0v) is 9.97. The van der Waals surface area contributed by atoms with Gasteiger partial charge < -0.3 is 10.2 Å². The molecule has 0 radical (unpaired) electrons. The van der Waals surface area contributed by atoms with Crippen molar-refractivity contribution in [2.45, 2.75) is 32.6 Å². The van der Waals surface area contributed by atoms with Gasteiger partial charge in [0.25, 0.3) is 0 Å². The number of nitrogens with one attached hydrogen (secondary N) is 1. The number of nitrogens with zero attached hydrogens (tertiary/aromatic N) is 1. The molecule has 1 fully saturated rings. The van der Waals surface area contributed by atoms with Crippen molar-refractivity contribution >= 4 is 0 Å². The molecular weight excluding hydrogens is 184 g/mol. The maximum absolute atomic E-state index is 5.32. The lowest BCUT2D eigenvalue weighted by Crippen LogP contribution is -2.39. The van der Waals surface area contributed by atoms with Crippen LogP contribution in [-0.2, 0) is 0 Å². The summed E-state index contributed by atoms with van der Waals surface area (Å²) in [6, 6.07) is 0. The van der Waals surface area contributed by atoms with Crippen molar-refractivity contribution in [2.24, 2.45) is 5.92 Å². The molecule has 2 heteroatoms. The molecule has 1 aliphatic rings. The quantitative estimate of drug-likeness (QED) is 0.669. The van der Waals surface area contributed by atoms with Gasteiger partial charge in [-0.15, -0.1) is 12.3 Å². The van der Waals surface area contributed by atoms with Crippen LogP contribution in [0, 0.1) is 18.3 Å². The highest BCUT2D eigenvalue weighted by Crippen LogP contribution is 2.12. The Bertz CT molecular complexity index is 189. The lowest BCUT2D eigenvalue weighted by Gasteiger charge is -2.29. The molecule has 1 heterocycles. The average molecular weight is 208 g/mol. The second-order valence-corrected chi connectivity index (χ2v) is 4.47. The maximum atomic E-state index is 5.32. The summed E-state index contributed by atoms with van der Waals surface area (Å²) in [7, 11) is 0. The standard InChI is InChI=1S/C13H24N2/c1-3-5-10-15(9-4-2)12-13-7-6-8-14-11-13/h1,13-14H,4-12H2,2H3. The van der Waals surface area contributed by atoms with Crippen LogP contribution >= 0.6 is 0 Å². The van der Waals surface area contributed by atoms with Crippen LogP contribution in [0.5, 0.6) is 0 Å². The molecule has 1 unspecified atom stereocenters. The summed E-state index contributed by atoms with van der Waals surface area (Å²) in [6.45, 7) is 8.12. The van der Waals surface area contributed by atoms with E-state index in [9.17, 15) is 0 Å². The van der Waals surface area contributed by atoms with E-state index in [1.807, 2.05) is 0 Å². The van der Waals surface area contributed by atoms with E-state index < -0.39 is 0 Å². The van der Waals surface area contributed by atoms with Crippen molar-refractivity contribution in [3.8, 4) is 12.3 Å². The Kier molecular flexibility index (Phi) is 6.47. The van der Waals surface area contributed by atoms with Gasteiger partial charge in [0, 0.05) is 19.5 Å². The Morgan fingerprint density at radius 1 is 1.47 bits per heavy atom. The topological polar surface area (TPSA) is 15.3 Å². The van der Waals surface area contributed by atoms with Crippen LogP contribution in [0.1, 0.15) is 32.6 Å². The van der Waals surface area contributed by atoms with Crippen molar-refractivity contribution in [2.75, 3.05) is 32.7 Å². The predicted molar refractivity (Wildman–Crippen MR) is 65.8 cm³/mol. The number of terminal acetylenes is 1. The highest BCUT2D eigenvalue weighted by atomic mass is 15.1. The molecule has 15 heavy (non-hydrogen) atoms. The Morgan fingerprint density at radius 2 is 2.33 bits per heavy atom. The van der Waals surface area contributed by atoms with E-state index in [4.69, 9.17) is 6.42 Å². The van der Waals surface area contributed by atoms with Gasteiger partial charge in [0.2, 0.25) is 0 Å². The lowest BCUT2D eigenvalue weighted by molar-refractivity contribution is 0.212. The first-order valence-electron chi connectivity index (χ1n) is 6.23. The van der Waals surface area contributed by atoms with E-state index >= 15 is 0 Å². The van der Waals surface area contributed by atoms with Crippen molar-refractivity contribution in [3.05, 3.63) is 0 Å². The van der Waals surface area contributed by atoms with Crippen molar-refractivity contribution < 1.29 is 0 Å². The second-order valence-electron chi connectivity index (χ2n) is 4.47.